The van der Waals surface area contributed by atoms with Crippen LogP contribution in [0.2, 0.25) is 0 Å². The number of phosphoric acid groups is 1. The Balaban J connectivity index is 1.86. The summed E-state index contributed by atoms with van der Waals surface area (Å²) in [5, 5.41) is 11.6. The van der Waals surface area contributed by atoms with Crippen LogP contribution in [-0.2, 0) is 23.1 Å². The monoisotopic (exact) mass is 386 g/mol. The molecule has 1 aliphatic rings. The first-order chi connectivity index (χ1) is 12.3. The largest absolute Gasteiger partial charge is 0.472 e. The number of non-ortho nitro benzene ring substituents is 1. The van der Waals surface area contributed by atoms with Gasteiger partial charge in [-0.05, 0) is 12.1 Å². The number of hydrogen-bond donors (Lipinski definition) is 1. The van der Waals surface area contributed by atoms with E-state index >= 15 is 0 Å². The van der Waals surface area contributed by atoms with Crippen LogP contribution >= 0.6 is 7.82 Å². The molecule has 1 aromatic heterocycles. The number of nitro groups is 1. The summed E-state index contributed by atoms with van der Waals surface area (Å²) >= 11 is 0. The summed E-state index contributed by atoms with van der Waals surface area (Å²) in [6, 6.07) is 6.29. The summed E-state index contributed by atoms with van der Waals surface area (Å²) in [6.07, 6.45) is 0.307. The standard InChI is InChI=1S/C15H19N2O8P/c1-22-9-14-13(25-26(20,21)23-2)8-15(24-14)16-6-5-10-7-11(17(18)19)3-4-12(10)16/h3-7,13-15H,8-9H2,1-2H3,(H,20,21)/t13-,14?,15-/m1/s1. The molecular weight excluding hydrogens is 367 g/mol. The molecule has 0 radical (unpaired) electrons. The van der Waals surface area contributed by atoms with Crippen molar-refractivity contribution in [1.29, 1.82) is 0 Å². The van der Waals surface area contributed by atoms with Gasteiger partial charge in [0.25, 0.3) is 5.69 Å². The number of methoxy groups -OCH3 is 1. The van der Waals surface area contributed by atoms with Crippen LogP contribution < -0.4 is 0 Å². The number of aromatic nitrogens is 1. The van der Waals surface area contributed by atoms with Crippen LogP contribution in [0.15, 0.2) is 30.5 Å². The van der Waals surface area contributed by atoms with Gasteiger partial charge in [-0.25, -0.2) is 4.57 Å². The number of nitro benzene ring substituents is 1. The van der Waals surface area contributed by atoms with E-state index in [-0.39, 0.29) is 12.3 Å². The van der Waals surface area contributed by atoms with Crippen molar-refractivity contribution in [3.8, 4) is 0 Å². The molecule has 10 nitrogen and oxygen atoms in total. The molecule has 2 unspecified atom stereocenters. The Hall–Kier alpha value is -1.81. The van der Waals surface area contributed by atoms with Gasteiger partial charge in [0.15, 0.2) is 0 Å². The van der Waals surface area contributed by atoms with E-state index in [0.29, 0.717) is 11.8 Å². The third-order valence-corrected chi connectivity index (χ3v) is 5.23. The minimum absolute atomic E-state index is 0.00220. The fourth-order valence-electron chi connectivity index (χ4n) is 3.03. The average molecular weight is 386 g/mol. The summed E-state index contributed by atoms with van der Waals surface area (Å²) < 4.78 is 34.2. The molecule has 26 heavy (non-hydrogen) atoms. The fraction of sp³-hybridized carbons (Fsp3) is 0.467. The van der Waals surface area contributed by atoms with Gasteiger partial charge in [0.05, 0.1) is 17.0 Å². The van der Waals surface area contributed by atoms with Gasteiger partial charge in [0.1, 0.15) is 18.4 Å². The third kappa shape index (κ3) is 3.80. The van der Waals surface area contributed by atoms with Gasteiger partial charge in [-0.2, -0.15) is 0 Å². The van der Waals surface area contributed by atoms with Crippen molar-refractivity contribution in [2.75, 3.05) is 20.8 Å². The predicted molar refractivity (Wildman–Crippen MR) is 90.7 cm³/mol. The van der Waals surface area contributed by atoms with Crippen LogP contribution in [0.5, 0.6) is 0 Å². The van der Waals surface area contributed by atoms with E-state index < -0.39 is 31.2 Å². The number of fused-ring (bicyclic) bond motifs is 1. The molecule has 2 heterocycles. The minimum Gasteiger partial charge on any atom is -0.382 e. The molecule has 0 aliphatic carbocycles. The van der Waals surface area contributed by atoms with E-state index in [4.69, 9.17) is 14.0 Å². The lowest BCUT2D eigenvalue weighted by Gasteiger charge is -2.19. The van der Waals surface area contributed by atoms with E-state index in [1.54, 1.807) is 22.9 Å². The fourth-order valence-corrected chi connectivity index (χ4v) is 3.68. The third-order valence-electron chi connectivity index (χ3n) is 4.24. The van der Waals surface area contributed by atoms with E-state index in [2.05, 4.69) is 4.52 Å². The van der Waals surface area contributed by atoms with Gasteiger partial charge in [-0.3, -0.25) is 19.2 Å². The van der Waals surface area contributed by atoms with E-state index in [1.165, 1.54) is 19.2 Å². The molecule has 1 aromatic carbocycles. The Labute approximate surface area is 149 Å². The second kappa shape index (κ2) is 7.43. The quantitative estimate of drug-likeness (QED) is 0.438. The van der Waals surface area contributed by atoms with E-state index in [9.17, 15) is 19.6 Å². The number of hydrogen-bond acceptors (Lipinski definition) is 7. The lowest BCUT2D eigenvalue weighted by atomic mass is 10.2. The van der Waals surface area contributed by atoms with Gasteiger partial charge >= 0.3 is 7.82 Å². The average Bonchev–Trinajstić information content (AvgIpc) is 3.18. The van der Waals surface area contributed by atoms with E-state index in [1.807, 2.05) is 0 Å². The maximum atomic E-state index is 11.7. The Morgan fingerprint density at radius 1 is 1.42 bits per heavy atom. The Bertz CT molecular complexity index is 853. The van der Waals surface area contributed by atoms with Gasteiger partial charge in [0, 0.05) is 44.4 Å². The molecule has 0 saturated carbocycles. The van der Waals surface area contributed by atoms with Crippen LogP contribution in [0.25, 0.3) is 10.9 Å². The van der Waals surface area contributed by atoms with Crippen molar-refractivity contribution in [3.63, 3.8) is 0 Å². The highest BCUT2D eigenvalue weighted by Crippen LogP contribution is 2.47. The lowest BCUT2D eigenvalue weighted by molar-refractivity contribution is -0.384. The van der Waals surface area contributed by atoms with Crippen molar-refractivity contribution in [2.45, 2.75) is 24.9 Å². The van der Waals surface area contributed by atoms with E-state index in [0.717, 1.165) is 12.6 Å². The van der Waals surface area contributed by atoms with Crippen LogP contribution in [0, 0.1) is 10.1 Å². The molecule has 4 atom stereocenters. The highest BCUT2D eigenvalue weighted by molar-refractivity contribution is 7.47. The van der Waals surface area contributed by atoms with Crippen molar-refractivity contribution < 1.29 is 32.9 Å². The summed E-state index contributed by atoms with van der Waals surface area (Å²) in [7, 11) is -1.59. The second-order valence-corrected chi connectivity index (χ2v) is 7.35. The number of phosphoric ester groups is 1. The maximum absolute atomic E-state index is 11.7. The topological polar surface area (TPSA) is 122 Å². The van der Waals surface area contributed by atoms with Crippen molar-refractivity contribution in [2.24, 2.45) is 0 Å². The zero-order chi connectivity index (χ0) is 18.9. The molecule has 11 heteroatoms. The Morgan fingerprint density at radius 2 is 2.19 bits per heavy atom. The smallest absolute Gasteiger partial charge is 0.382 e. The van der Waals surface area contributed by atoms with Gasteiger partial charge in [-0.1, -0.05) is 0 Å². The summed E-state index contributed by atoms with van der Waals surface area (Å²) in [6.45, 7) is 0.176. The molecule has 0 bridgehead atoms. The first-order valence-electron chi connectivity index (χ1n) is 7.81. The van der Waals surface area contributed by atoms with Crippen molar-refractivity contribution in [1.82, 2.24) is 4.57 Å². The molecule has 0 spiro atoms. The van der Waals surface area contributed by atoms with Crippen LogP contribution in [0.1, 0.15) is 12.6 Å². The summed E-state index contributed by atoms with van der Waals surface area (Å²) in [5.41, 5.74) is 0.749. The molecule has 0 amide bonds. The highest BCUT2D eigenvalue weighted by atomic mass is 31.2. The number of benzene rings is 1. The number of rotatable bonds is 7. The molecule has 1 saturated heterocycles. The Kier molecular flexibility index (Phi) is 5.42. The van der Waals surface area contributed by atoms with Gasteiger partial charge in [0.2, 0.25) is 0 Å². The van der Waals surface area contributed by atoms with Gasteiger partial charge < -0.3 is 18.9 Å². The molecular formula is C15H19N2O8P. The minimum atomic E-state index is -4.17. The van der Waals surface area contributed by atoms with Gasteiger partial charge in [-0.15, -0.1) is 0 Å². The molecule has 1 N–H and O–H groups in total. The Morgan fingerprint density at radius 3 is 2.85 bits per heavy atom. The molecule has 3 rings (SSSR count). The molecule has 142 valence electrons. The van der Waals surface area contributed by atoms with Crippen LogP contribution in [-0.4, -0.2) is 47.4 Å². The summed E-state index contributed by atoms with van der Waals surface area (Å²) in [5.74, 6) is 0. The zero-order valence-corrected chi connectivity index (χ0v) is 15.1. The highest BCUT2D eigenvalue weighted by Gasteiger charge is 2.41. The lowest BCUT2D eigenvalue weighted by Crippen LogP contribution is -2.28. The van der Waals surface area contributed by atoms with Crippen LogP contribution in [0.3, 0.4) is 0 Å². The first kappa shape index (κ1) is 19.0. The second-order valence-electron chi connectivity index (χ2n) is 5.84. The first-order valence-corrected chi connectivity index (χ1v) is 9.30. The molecule has 2 aromatic rings. The molecule has 1 aliphatic heterocycles. The van der Waals surface area contributed by atoms with Crippen LogP contribution in [0.4, 0.5) is 5.69 Å². The predicted octanol–water partition coefficient (Wildman–Crippen LogP) is 2.62. The summed E-state index contributed by atoms with van der Waals surface area (Å²) in [4.78, 5) is 20.0. The zero-order valence-electron chi connectivity index (χ0n) is 14.2. The van der Waals surface area contributed by atoms with Crippen molar-refractivity contribution >= 4 is 24.4 Å². The number of ether oxygens (including phenoxy) is 2. The SMILES string of the molecule is COCC1O[C@@H](n2ccc3cc([N+](=O)[O-])ccc32)C[C@H]1OP(=O)(O)OC. The number of nitrogens with zero attached hydrogens (tertiary/aromatic N) is 2. The molecule has 1 fully saturated rings. The van der Waals surface area contributed by atoms with Crippen molar-refractivity contribution in [3.05, 3.63) is 40.6 Å². The normalized spacial score (nSPS) is 25.4. The maximum Gasteiger partial charge on any atom is 0.472 e.